The lowest BCUT2D eigenvalue weighted by atomic mass is 10.0. The lowest BCUT2D eigenvalue weighted by Crippen LogP contribution is -2.10. The Kier molecular flexibility index (Phi) is 6.34. The number of aliphatic carboxylic acids is 1. The van der Waals surface area contributed by atoms with E-state index in [1.165, 1.54) is 6.34 Å². The Morgan fingerprint density at radius 1 is 1.21 bits per heavy atom. The minimum Gasteiger partial charge on any atom is -0.489 e. The summed E-state index contributed by atoms with van der Waals surface area (Å²) >= 11 is 0. The van der Waals surface area contributed by atoms with Gasteiger partial charge in [-0.1, -0.05) is 37.3 Å². The van der Waals surface area contributed by atoms with Gasteiger partial charge < -0.3 is 19.7 Å². The Balaban J connectivity index is 1.99. The molecule has 0 saturated heterocycles. The summed E-state index contributed by atoms with van der Waals surface area (Å²) in [5.41, 5.74) is 3.53. The standard InChI is InChI=1S/C23H25N3O3/c1-4-18(22(23(27)28)25-15-26(2)3)20-13-24-21-11-10-17(12-19(20)21)29-14-16-8-6-5-7-9-16/h5-13,15,24H,4,14H2,1-3H3,(H,27,28). The average Bonchev–Trinajstić information content (AvgIpc) is 3.13. The van der Waals surface area contributed by atoms with Gasteiger partial charge in [0.2, 0.25) is 0 Å². The quantitative estimate of drug-likeness (QED) is 0.336. The number of aromatic amines is 1. The summed E-state index contributed by atoms with van der Waals surface area (Å²) in [4.78, 5) is 21.0. The fourth-order valence-corrected chi connectivity index (χ4v) is 3.10. The first kappa shape index (κ1) is 20.2. The summed E-state index contributed by atoms with van der Waals surface area (Å²) in [6.45, 7) is 2.40. The molecule has 0 aliphatic heterocycles. The first-order chi connectivity index (χ1) is 14.0. The summed E-state index contributed by atoms with van der Waals surface area (Å²) in [7, 11) is 3.60. The van der Waals surface area contributed by atoms with E-state index in [0.29, 0.717) is 18.6 Å². The first-order valence-corrected chi connectivity index (χ1v) is 9.45. The predicted molar refractivity (Wildman–Crippen MR) is 116 cm³/mol. The number of rotatable bonds is 8. The van der Waals surface area contributed by atoms with Gasteiger partial charge in [0.05, 0.1) is 6.34 Å². The van der Waals surface area contributed by atoms with Gasteiger partial charge in [0.25, 0.3) is 0 Å². The number of carboxylic acids is 1. The third-order valence-corrected chi connectivity index (χ3v) is 4.49. The number of benzene rings is 2. The van der Waals surface area contributed by atoms with Gasteiger partial charge in [0, 0.05) is 36.8 Å². The van der Waals surface area contributed by atoms with Crippen LogP contribution in [0.4, 0.5) is 0 Å². The number of carbonyl (C=O) groups is 1. The molecule has 0 atom stereocenters. The molecule has 0 unspecified atom stereocenters. The van der Waals surface area contributed by atoms with E-state index in [4.69, 9.17) is 4.74 Å². The molecule has 0 aliphatic carbocycles. The number of nitrogens with one attached hydrogen (secondary N) is 1. The number of hydrogen-bond donors (Lipinski definition) is 2. The Labute approximate surface area is 170 Å². The van der Waals surface area contributed by atoms with E-state index in [-0.39, 0.29) is 5.70 Å². The first-order valence-electron chi connectivity index (χ1n) is 9.45. The summed E-state index contributed by atoms with van der Waals surface area (Å²) in [6, 6.07) is 15.7. The molecule has 3 rings (SSSR count). The molecule has 0 radical (unpaired) electrons. The number of hydrogen-bond acceptors (Lipinski definition) is 3. The van der Waals surface area contributed by atoms with Crippen molar-refractivity contribution < 1.29 is 14.6 Å². The Morgan fingerprint density at radius 3 is 2.62 bits per heavy atom. The van der Waals surface area contributed by atoms with Crippen LogP contribution in [0.15, 0.2) is 65.4 Å². The number of fused-ring (bicyclic) bond motifs is 1. The van der Waals surface area contributed by atoms with Gasteiger partial charge >= 0.3 is 5.97 Å². The molecule has 2 aromatic carbocycles. The fourth-order valence-electron chi connectivity index (χ4n) is 3.10. The van der Waals surface area contributed by atoms with Crippen LogP contribution in [0.1, 0.15) is 24.5 Å². The third kappa shape index (κ3) is 4.85. The van der Waals surface area contributed by atoms with Crippen LogP contribution >= 0.6 is 0 Å². The zero-order valence-electron chi connectivity index (χ0n) is 16.8. The molecule has 1 heterocycles. The number of ether oxygens (including phenoxy) is 1. The van der Waals surface area contributed by atoms with Crippen molar-refractivity contribution in [3.63, 3.8) is 0 Å². The van der Waals surface area contributed by atoms with E-state index < -0.39 is 5.97 Å². The van der Waals surface area contributed by atoms with Crippen LogP contribution in [-0.4, -0.2) is 41.4 Å². The summed E-state index contributed by atoms with van der Waals surface area (Å²) in [6.07, 6.45) is 3.87. The van der Waals surface area contributed by atoms with Gasteiger partial charge in [-0.05, 0) is 35.8 Å². The molecule has 0 amide bonds. The second-order valence-electron chi connectivity index (χ2n) is 6.88. The minimum absolute atomic E-state index is 0.0395. The van der Waals surface area contributed by atoms with Crippen molar-refractivity contribution in [2.24, 2.45) is 4.99 Å². The maximum Gasteiger partial charge on any atom is 0.354 e. The van der Waals surface area contributed by atoms with Gasteiger partial charge in [-0.15, -0.1) is 0 Å². The van der Waals surface area contributed by atoms with E-state index in [2.05, 4.69) is 9.98 Å². The van der Waals surface area contributed by atoms with Crippen molar-refractivity contribution in [1.82, 2.24) is 9.88 Å². The summed E-state index contributed by atoms with van der Waals surface area (Å²) < 4.78 is 5.94. The largest absolute Gasteiger partial charge is 0.489 e. The van der Waals surface area contributed by atoms with Crippen LogP contribution in [0.2, 0.25) is 0 Å². The number of aromatic nitrogens is 1. The van der Waals surface area contributed by atoms with E-state index in [0.717, 1.165) is 27.8 Å². The molecule has 1 aromatic heterocycles. The average molecular weight is 391 g/mol. The van der Waals surface area contributed by atoms with Gasteiger partial charge in [-0.25, -0.2) is 9.79 Å². The summed E-state index contributed by atoms with van der Waals surface area (Å²) in [5.74, 6) is -0.322. The fraction of sp³-hybridized carbons (Fsp3) is 0.217. The van der Waals surface area contributed by atoms with Crippen LogP contribution in [-0.2, 0) is 11.4 Å². The Hall–Kier alpha value is -3.54. The van der Waals surface area contributed by atoms with Crippen molar-refractivity contribution in [1.29, 1.82) is 0 Å². The highest BCUT2D eigenvalue weighted by Crippen LogP contribution is 2.32. The second-order valence-corrected chi connectivity index (χ2v) is 6.88. The van der Waals surface area contributed by atoms with Crippen molar-refractivity contribution in [2.75, 3.05) is 14.1 Å². The molecule has 6 heteroatoms. The molecule has 0 saturated carbocycles. The van der Waals surface area contributed by atoms with Gasteiger partial charge in [0.1, 0.15) is 12.4 Å². The molecule has 2 N–H and O–H groups in total. The second kappa shape index (κ2) is 9.10. The molecule has 0 bridgehead atoms. The number of allylic oxidation sites excluding steroid dienone is 1. The Morgan fingerprint density at radius 2 is 1.97 bits per heavy atom. The SMILES string of the molecule is CCC(=C(N=CN(C)C)C(=O)O)c1c[nH]c2ccc(OCc3ccccc3)cc12. The van der Waals surface area contributed by atoms with Gasteiger partial charge in [-0.2, -0.15) is 0 Å². The normalized spacial score (nSPS) is 12.2. The molecule has 0 fully saturated rings. The van der Waals surface area contributed by atoms with Gasteiger partial charge in [0.15, 0.2) is 5.70 Å². The molecule has 0 spiro atoms. The van der Waals surface area contributed by atoms with Crippen LogP contribution in [0.25, 0.3) is 16.5 Å². The van der Waals surface area contributed by atoms with Crippen molar-refractivity contribution in [2.45, 2.75) is 20.0 Å². The molecule has 29 heavy (non-hydrogen) atoms. The maximum absolute atomic E-state index is 11.8. The molecular weight excluding hydrogens is 366 g/mol. The number of carboxylic acid groups (broad SMARTS) is 1. The molecule has 0 aliphatic rings. The van der Waals surface area contributed by atoms with Crippen LogP contribution in [0.3, 0.4) is 0 Å². The van der Waals surface area contributed by atoms with Crippen LogP contribution in [0.5, 0.6) is 5.75 Å². The smallest absolute Gasteiger partial charge is 0.354 e. The highest BCUT2D eigenvalue weighted by Gasteiger charge is 2.17. The maximum atomic E-state index is 11.8. The molecule has 150 valence electrons. The topological polar surface area (TPSA) is 77.9 Å². The highest BCUT2D eigenvalue weighted by molar-refractivity contribution is 6.02. The van der Waals surface area contributed by atoms with E-state index in [9.17, 15) is 9.90 Å². The zero-order chi connectivity index (χ0) is 20.8. The number of aliphatic imine (C=N–C) groups is 1. The number of H-pyrrole nitrogens is 1. The number of nitrogens with zero attached hydrogens (tertiary/aromatic N) is 2. The predicted octanol–water partition coefficient (Wildman–Crippen LogP) is 4.54. The monoisotopic (exact) mass is 391 g/mol. The van der Waals surface area contributed by atoms with E-state index in [1.54, 1.807) is 19.0 Å². The highest BCUT2D eigenvalue weighted by atomic mass is 16.5. The van der Waals surface area contributed by atoms with E-state index in [1.807, 2.05) is 61.7 Å². The van der Waals surface area contributed by atoms with E-state index >= 15 is 0 Å². The molecule has 3 aromatic rings. The van der Waals surface area contributed by atoms with Crippen molar-refractivity contribution in [3.8, 4) is 5.75 Å². The van der Waals surface area contributed by atoms with Crippen LogP contribution < -0.4 is 4.74 Å². The minimum atomic E-state index is -1.05. The van der Waals surface area contributed by atoms with Crippen molar-refractivity contribution >= 4 is 28.8 Å². The molecular formula is C23H25N3O3. The van der Waals surface area contributed by atoms with Crippen molar-refractivity contribution in [3.05, 3.63) is 71.6 Å². The van der Waals surface area contributed by atoms with Gasteiger partial charge in [-0.3, -0.25) is 0 Å². The van der Waals surface area contributed by atoms with Crippen LogP contribution in [0, 0.1) is 0 Å². The lowest BCUT2D eigenvalue weighted by Gasteiger charge is -2.10. The third-order valence-electron chi connectivity index (χ3n) is 4.49. The zero-order valence-corrected chi connectivity index (χ0v) is 16.8. The molecule has 6 nitrogen and oxygen atoms in total. The lowest BCUT2D eigenvalue weighted by molar-refractivity contribution is -0.132. The summed E-state index contributed by atoms with van der Waals surface area (Å²) in [5, 5.41) is 10.6. The Bertz CT molecular complexity index is 1050.